The molecule has 0 aromatic carbocycles. The number of carbonyl (C=O) groups excluding carboxylic acids is 1. The first kappa shape index (κ1) is 18.1. The quantitative estimate of drug-likeness (QED) is 0.682. The van der Waals surface area contributed by atoms with Gasteiger partial charge >= 0.3 is 0 Å². The number of nitrogens with zero attached hydrogens (tertiary/aromatic N) is 3. The van der Waals surface area contributed by atoms with E-state index >= 15 is 0 Å². The van der Waals surface area contributed by atoms with Gasteiger partial charge in [-0.3, -0.25) is 14.7 Å². The fraction of sp³-hybridized carbons (Fsp3) is 0.625. The van der Waals surface area contributed by atoms with Gasteiger partial charge in [-0.2, -0.15) is 9.50 Å². The summed E-state index contributed by atoms with van der Waals surface area (Å²) in [5, 5.41) is 15.1. The summed E-state index contributed by atoms with van der Waals surface area (Å²) in [6.45, 7) is 7.39. The number of nitrogens with one attached hydrogen (secondary N) is 2. The number of rotatable bonds is 7. The highest BCUT2D eigenvalue weighted by Gasteiger charge is 2.18. The molecule has 0 saturated carbocycles. The molecule has 8 heteroatoms. The summed E-state index contributed by atoms with van der Waals surface area (Å²) in [7, 11) is 0. The van der Waals surface area contributed by atoms with Crippen molar-refractivity contribution < 1.29 is 9.90 Å². The lowest BCUT2D eigenvalue weighted by atomic mass is 9.99. The Morgan fingerprint density at radius 2 is 2.08 bits per heavy atom. The lowest BCUT2D eigenvalue weighted by Crippen LogP contribution is -2.42. The third kappa shape index (κ3) is 3.81. The van der Waals surface area contributed by atoms with Crippen LogP contribution in [-0.2, 0) is 11.2 Å². The molecule has 8 nitrogen and oxygen atoms in total. The number of aliphatic hydroxyl groups excluding tert-OH is 1. The Bertz CT molecular complexity index is 780. The van der Waals surface area contributed by atoms with Gasteiger partial charge < -0.3 is 10.4 Å². The van der Waals surface area contributed by atoms with Crippen LogP contribution < -0.4 is 10.9 Å². The van der Waals surface area contributed by atoms with Crippen molar-refractivity contribution in [2.24, 2.45) is 5.92 Å². The summed E-state index contributed by atoms with van der Waals surface area (Å²) in [4.78, 5) is 33.1. The van der Waals surface area contributed by atoms with Gasteiger partial charge in [-0.25, -0.2) is 4.98 Å². The molecule has 132 valence electrons. The molecule has 0 aliphatic carbocycles. The van der Waals surface area contributed by atoms with Crippen molar-refractivity contribution in [1.82, 2.24) is 24.9 Å². The minimum Gasteiger partial charge on any atom is -0.394 e. The van der Waals surface area contributed by atoms with Gasteiger partial charge in [0.2, 0.25) is 5.91 Å². The second-order valence-corrected chi connectivity index (χ2v) is 6.17. The Balaban J connectivity index is 2.10. The predicted molar refractivity (Wildman–Crippen MR) is 89.9 cm³/mol. The fourth-order valence-electron chi connectivity index (χ4n) is 2.62. The van der Waals surface area contributed by atoms with E-state index in [0.717, 1.165) is 6.42 Å². The molecule has 24 heavy (non-hydrogen) atoms. The number of carbonyl (C=O) groups is 1. The molecular weight excluding hydrogens is 310 g/mol. The highest BCUT2D eigenvalue weighted by atomic mass is 16.3. The van der Waals surface area contributed by atoms with Crippen LogP contribution in [-0.4, -0.2) is 43.2 Å². The first-order chi connectivity index (χ1) is 11.4. The Morgan fingerprint density at radius 3 is 2.71 bits per heavy atom. The standard InChI is InChI=1S/C16H25N5O3/c1-5-9(2)13(8-22)19-14(23)7-6-12-10(3)17-16-18-11(4)20-21(16)15(12)24/h9,13,22H,5-8H2,1-4H3,(H,19,23)(H,17,18,20)/t9-,13-/m1/s1. The van der Waals surface area contributed by atoms with Crippen LogP contribution in [0, 0.1) is 19.8 Å². The van der Waals surface area contributed by atoms with Crippen molar-refractivity contribution in [3.05, 3.63) is 27.4 Å². The molecule has 3 N–H and O–H groups in total. The lowest BCUT2D eigenvalue weighted by molar-refractivity contribution is -0.122. The number of fused-ring (bicyclic) bond motifs is 1. The Morgan fingerprint density at radius 1 is 1.38 bits per heavy atom. The minimum atomic E-state index is -0.263. The molecule has 0 radical (unpaired) electrons. The fourth-order valence-corrected chi connectivity index (χ4v) is 2.62. The molecule has 0 saturated heterocycles. The molecule has 0 fully saturated rings. The monoisotopic (exact) mass is 335 g/mol. The second kappa shape index (κ2) is 7.57. The summed E-state index contributed by atoms with van der Waals surface area (Å²) in [6, 6.07) is -0.263. The van der Waals surface area contributed by atoms with Gasteiger partial charge in [-0.05, 0) is 26.2 Å². The molecule has 0 aliphatic rings. The van der Waals surface area contributed by atoms with Gasteiger partial charge in [0, 0.05) is 12.0 Å². The number of H-pyrrole nitrogens is 1. The molecular formula is C16H25N5O3. The molecule has 2 aromatic rings. The van der Waals surface area contributed by atoms with E-state index in [9.17, 15) is 14.7 Å². The van der Waals surface area contributed by atoms with Crippen molar-refractivity contribution in [3.8, 4) is 0 Å². The van der Waals surface area contributed by atoms with E-state index in [1.807, 2.05) is 13.8 Å². The zero-order valence-electron chi connectivity index (χ0n) is 14.6. The van der Waals surface area contributed by atoms with Gasteiger partial charge in [0.05, 0.1) is 18.3 Å². The van der Waals surface area contributed by atoms with Gasteiger partial charge in [0.25, 0.3) is 11.3 Å². The normalized spacial score (nSPS) is 13.9. The lowest BCUT2D eigenvalue weighted by Gasteiger charge is -2.22. The van der Waals surface area contributed by atoms with E-state index in [2.05, 4.69) is 20.4 Å². The van der Waals surface area contributed by atoms with Crippen molar-refractivity contribution in [2.75, 3.05) is 6.61 Å². The SMILES string of the molecule is CC[C@@H](C)[C@@H](CO)NC(=O)CCc1c(C)nc2nc(C)[nH]n2c1=O. The molecule has 2 rings (SSSR count). The average Bonchev–Trinajstić information content (AvgIpc) is 2.92. The maximum Gasteiger partial charge on any atom is 0.277 e. The topological polar surface area (TPSA) is 112 Å². The van der Waals surface area contributed by atoms with Gasteiger partial charge in [-0.1, -0.05) is 20.3 Å². The smallest absolute Gasteiger partial charge is 0.277 e. The summed E-state index contributed by atoms with van der Waals surface area (Å²) < 4.78 is 1.30. The van der Waals surface area contributed by atoms with Crippen LogP contribution in [0.3, 0.4) is 0 Å². The third-order valence-electron chi connectivity index (χ3n) is 4.38. The predicted octanol–water partition coefficient (Wildman–Crippen LogP) is 0.490. The van der Waals surface area contributed by atoms with Crippen LogP contribution in [0.1, 0.15) is 43.8 Å². The number of aromatic amines is 1. The van der Waals surface area contributed by atoms with Crippen LogP contribution in [0.15, 0.2) is 4.79 Å². The van der Waals surface area contributed by atoms with E-state index in [4.69, 9.17) is 0 Å². The van der Waals surface area contributed by atoms with Crippen molar-refractivity contribution in [2.45, 2.75) is 53.0 Å². The van der Waals surface area contributed by atoms with Crippen molar-refractivity contribution in [3.63, 3.8) is 0 Å². The van der Waals surface area contributed by atoms with Gasteiger partial charge in [-0.15, -0.1) is 0 Å². The highest BCUT2D eigenvalue weighted by molar-refractivity contribution is 5.76. The van der Waals surface area contributed by atoms with Gasteiger partial charge in [0.1, 0.15) is 5.82 Å². The molecule has 0 aliphatic heterocycles. The van der Waals surface area contributed by atoms with Crippen LogP contribution in [0.25, 0.3) is 5.78 Å². The summed E-state index contributed by atoms with van der Waals surface area (Å²) in [6.07, 6.45) is 1.33. The Labute approximate surface area is 140 Å². The minimum absolute atomic E-state index is 0.0939. The number of hydrogen-bond acceptors (Lipinski definition) is 5. The Kier molecular flexibility index (Phi) is 5.71. The number of aromatic nitrogens is 4. The molecule has 0 bridgehead atoms. The number of amides is 1. The van der Waals surface area contributed by atoms with Crippen LogP contribution >= 0.6 is 0 Å². The molecule has 2 heterocycles. The first-order valence-electron chi connectivity index (χ1n) is 8.22. The van der Waals surface area contributed by atoms with Gasteiger partial charge in [0.15, 0.2) is 0 Å². The third-order valence-corrected chi connectivity index (χ3v) is 4.38. The number of aryl methyl sites for hydroxylation is 2. The molecule has 2 atom stereocenters. The highest BCUT2D eigenvalue weighted by Crippen LogP contribution is 2.09. The molecule has 1 amide bonds. The second-order valence-electron chi connectivity index (χ2n) is 6.17. The van der Waals surface area contributed by atoms with Crippen LogP contribution in [0.4, 0.5) is 0 Å². The van der Waals surface area contributed by atoms with E-state index < -0.39 is 0 Å². The first-order valence-corrected chi connectivity index (χ1v) is 8.22. The molecule has 2 aromatic heterocycles. The Hall–Kier alpha value is -2.22. The number of hydrogen-bond donors (Lipinski definition) is 3. The van der Waals surface area contributed by atoms with E-state index in [1.165, 1.54) is 4.52 Å². The zero-order chi connectivity index (χ0) is 17.9. The van der Waals surface area contributed by atoms with E-state index in [0.29, 0.717) is 29.3 Å². The maximum atomic E-state index is 12.5. The summed E-state index contributed by atoms with van der Waals surface area (Å²) >= 11 is 0. The van der Waals surface area contributed by atoms with Crippen LogP contribution in [0.5, 0.6) is 0 Å². The van der Waals surface area contributed by atoms with Crippen molar-refractivity contribution >= 4 is 11.7 Å². The maximum absolute atomic E-state index is 12.5. The van der Waals surface area contributed by atoms with Crippen LogP contribution in [0.2, 0.25) is 0 Å². The van der Waals surface area contributed by atoms with E-state index in [-0.39, 0.29) is 36.5 Å². The average molecular weight is 335 g/mol. The molecule has 0 spiro atoms. The van der Waals surface area contributed by atoms with Crippen molar-refractivity contribution in [1.29, 1.82) is 0 Å². The summed E-state index contributed by atoms with van der Waals surface area (Å²) in [5.41, 5.74) is 0.849. The van der Waals surface area contributed by atoms with E-state index in [1.54, 1.807) is 13.8 Å². The largest absolute Gasteiger partial charge is 0.394 e. The molecule has 0 unspecified atom stereocenters. The zero-order valence-corrected chi connectivity index (χ0v) is 14.6. The number of aliphatic hydroxyl groups is 1. The summed E-state index contributed by atoms with van der Waals surface area (Å²) in [5.74, 6) is 0.949.